The third kappa shape index (κ3) is 26.7. The van der Waals surface area contributed by atoms with Crippen LogP contribution in [0.4, 0.5) is 0 Å². The molecule has 1 saturated carbocycles. The number of hydrogen-bond donors (Lipinski definition) is 6. The summed E-state index contributed by atoms with van der Waals surface area (Å²) in [7, 11) is -5.12. The van der Waals surface area contributed by atoms with E-state index in [1.165, 1.54) is 44.9 Å². The predicted octanol–water partition coefficient (Wildman–Crippen LogP) is 7.83. The fourth-order valence-electron chi connectivity index (χ4n) is 6.37. The minimum absolute atomic E-state index is 0.0789. The molecule has 6 unspecified atom stereocenters. The van der Waals surface area contributed by atoms with Gasteiger partial charge in [-0.1, -0.05) is 121 Å². The molecular weight excluding hydrogens is 755 g/mol. The Morgan fingerprint density at radius 1 is 0.544 bits per heavy atom. The summed E-state index contributed by atoms with van der Waals surface area (Å²) in [6.45, 7) is 3.22. The molecule has 6 N–H and O–H groups in total. The number of ether oxygens (including phenoxy) is 2. The smallest absolute Gasteiger partial charge is 0.462 e. The monoisotopic (exact) mass is 833 g/mol. The number of esters is 2. The lowest BCUT2D eigenvalue weighted by molar-refractivity contribution is -0.220. The van der Waals surface area contributed by atoms with Gasteiger partial charge in [-0.3, -0.25) is 18.6 Å². The number of unbranched alkanes of at least 4 members (excludes halogenated alkanes) is 17. The summed E-state index contributed by atoms with van der Waals surface area (Å²) in [5, 5.41) is 50.0. The van der Waals surface area contributed by atoms with E-state index in [1.54, 1.807) is 0 Å². The second kappa shape index (κ2) is 33.9. The van der Waals surface area contributed by atoms with Gasteiger partial charge in [0, 0.05) is 12.8 Å². The molecule has 0 heterocycles. The van der Waals surface area contributed by atoms with Crippen molar-refractivity contribution in [3.8, 4) is 0 Å². The number of hydrogen-bond acceptors (Lipinski definition) is 12. The van der Waals surface area contributed by atoms with Crippen LogP contribution in [0.25, 0.3) is 0 Å². The van der Waals surface area contributed by atoms with Crippen LogP contribution in [0.1, 0.15) is 168 Å². The minimum Gasteiger partial charge on any atom is -0.462 e. The van der Waals surface area contributed by atoms with Crippen LogP contribution in [0, 0.1) is 0 Å². The summed E-state index contributed by atoms with van der Waals surface area (Å²) >= 11 is 0. The predicted molar refractivity (Wildman–Crippen MR) is 221 cm³/mol. The number of rotatable bonds is 35. The molecule has 1 aliphatic carbocycles. The van der Waals surface area contributed by atoms with E-state index in [1.807, 2.05) is 0 Å². The molecule has 8 atom stereocenters. The lowest BCUT2D eigenvalue weighted by Crippen LogP contribution is -2.64. The summed E-state index contributed by atoms with van der Waals surface area (Å²) in [6.07, 6.45) is 23.4. The maximum Gasteiger partial charge on any atom is 0.472 e. The van der Waals surface area contributed by atoms with Crippen LogP contribution in [0.15, 0.2) is 36.5 Å². The van der Waals surface area contributed by atoms with E-state index < -0.39 is 75.7 Å². The molecule has 0 aromatic rings. The highest BCUT2D eigenvalue weighted by molar-refractivity contribution is 7.47. The van der Waals surface area contributed by atoms with Crippen molar-refractivity contribution in [2.24, 2.45) is 0 Å². The van der Waals surface area contributed by atoms with Gasteiger partial charge < -0.3 is 39.9 Å². The molecule has 0 radical (unpaired) electrons. The van der Waals surface area contributed by atoms with Crippen molar-refractivity contribution >= 4 is 19.8 Å². The zero-order valence-corrected chi connectivity index (χ0v) is 35.8. The topological polar surface area (TPSA) is 210 Å². The quantitative estimate of drug-likeness (QED) is 0.0156. The zero-order chi connectivity index (χ0) is 42.2. The van der Waals surface area contributed by atoms with Gasteiger partial charge in [0.25, 0.3) is 0 Å². The average molecular weight is 833 g/mol. The third-order valence-electron chi connectivity index (χ3n) is 9.95. The highest BCUT2D eigenvalue weighted by atomic mass is 31.2. The SMILES string of the molecule is CCCCC/C=C\C/C=C\CCCCCCCC(=O)O[C@H](COC(=O)CCCCCCC/C=C\CCCCCC)COP(=O)(O)OC1C(O)C(O)C(O)[C@@H](O)C1O. The molecule has 57 heavy (non-hydrogen) atoms. The molecule has 0 saturated heterocycles. The first-order valence-corrected chi connectivity index (χ1v) is 23.3. The van der Waals surface area contributed by atoms with Gasteiger partial charge in [-0.15, -0.1) is 0 Å². The molecule has 1 rings (SSSR count). The third-order valence-corrected chi connectivity index (χ3v) is 10.9. The molecule has 0 spiro atoms. The van der Waals surface area contributed by atoms with E-state index in [4.69, 9.17) is 18.5 Å². The Bertz CT molecular complexity index is 1150. The molecule has 0 bridgehead atoms. The zero-order valence-electron chi connectivity index (χ0n) is 34.9. The normalized spacial score (nSPS) is 23.0. The van der Waals surface area contributed by atoms with Gasteiger partial charge in [-0.2, -0.15) is 0 Å². The summed E-state index contributed by atoms with van der Waals surface area (Å²) < 4.78 is 33.4. The van der Waals surface area contributed by atoms with Gasteiger partial charge in [0.2, 0.25) is 0 Å². The van der Waals surface area contributed by atoms with Crippen LogP contribution in [-0.2, 0) is 32.7 Å². The molecule has 0 aliphatic heterocycles. The summed E-state index contributed by atoms with van der Waals surface area (Å²) in [6, 6.07) is 0. The Morgan fingerprint density at radius 2 is 0.947 bits per heavy atom. The Balaban J connectivity index is 2.51. The minimum atomic E-state index is -5.12. The van der Waals surface area contributed by atoms with Crippen LogP contribution < -0.4 is 0 Å². The van der Waals surface area contributed by atoms with E-state index in [0.29, 0.717) is 12.8 Å². The van der Waals surface area contributed by atoms with E-state index >= 15 is 0 Å². The first kappa shape index (κ1) is 53.1. The molecule has 13 nitrogen and oxygen atoms in total. The van der Waals surface area contributed by atoms with E-state index in [0.717, 1.165) is 83.5 Å². The van der Waals surface area contributed by atoms with Crippen molar-refractivity contribution in [3.63, 3.8) is 0 Å². The second-order valence-electron chi connectivity index (χ2n) is 15.2. The summed E-state index contributed by atoms with van der Waals surface area (Å²) in [5.74, 6) is -1.13. The first-order chi connectivity index (χ1) is 27.4. The average Bonchev–Trinajstić information content (AvgIpc) is 3.19. The van der Waals surface area contributed by atoms with Crippen LogP contribution >= 0.6 is 7.82 Å². The van der Waals surface area contributed by atoms with E-state index in [9.17, 15) is 44.6 Å². The highest BCUT2D eigenvalue weighted by Crippen LogP contribution is 2.47. The molecule has 14 heteroatoms. The lowest BCUT2D eigenvalue weighted by Gasteiger charge is -2.41. The number of phosphoric ester groups is 1. The van der Waals surface area contributed by atoms with Gasteiger partial charge in [-0.25, -0.2) is 4.57 Å². The van der Waals surface area contributed by atoms with Crippen molar-refractivity contribution in [2.45, 2.75) is 211 Å². The first-order valence-electron chi connectivity index (χ1n) is 21.8. The standard InChI is InChI=1S/C43H77O13P/c1-3-5-7-9-11-13-15-17-18-20-22-24-26-28-30-32-37(45)55-35(34-54-57(51,52)56-43-41(49)39(47)38(46)40(48)42(43)50)33-53-36(44)31-29-27-25-23-21-19-16-14-12-10-8-6-4-2/h11,13-14,16-18,35,38-43,46-50H,3-10,12,15,19-34H2,1-2H3,(H,51,52)/b13-11-,16-14-,18-17-/t35-,38?,39-,40?,41?,42?,43?/m1/s1. The molecule has 0 amide bonds. The highest BCUT2D eigenvalue weighted by Gasteiger charge is 2.51. The molecule has 1 fully saturated rings. The van der Waals surface area contributed by atoms with Gasteiger partial charge in [0.1, 0.15) is 43.2 Å². The molecule has 332 valence electrons. The Labute approximate surface area is 342 Å². The van der Waals surface area contributed by atoms with Gasteiger partial charge >= 0.3 is 19.8 Å². The van der Waals surface area contributed by atoms with Crippen LogP contribution in [-0.4, -0.2) is 98.3 Å². The van der Waals surface area contributed by atoms with Crippen LogP contribution in [0.3, 0.4) is 0 Å². The van der Waals surface area contributed by atoms with Gasteiger partial charge in [-0.05, 0) is 70.6 Å². The van der Waals surface area contributed by atoms with Crippen LogP contribution in [0.5, 0.6) is 0 Å². The number of aliphatic hydroxyl groups is 5. The molecule has 0 aromatic heterocycles. The summed E-state index contributed by atoms with van der Waals surface area (Å²) in [4.78, 5) is 35.6. The number of carbonyl (C=O) groups is 2. The fraction of sp³-hybridized carbons (Fsp3) is 0.814. The number of carbonyl (C=O) groups excluding carboxylic acids is 2. The summed E-state index contributed by atoms with van der Waals surface area (Å²) in [5.41, 5.74) is 0. The second-order valence-corrected chi connectivity index (χ2v) is 16.6. The fourth-order valence-corrected chi connectivity index (χ4v) is 7.34. The number of aliphatic hydroxyl groups excluding tert-OH is 5. The molecule has 1 aliphatic rings. The van der Waals surface area contributed by atoms with Crippen molar-refractivity contribution in [1.29, 1.82) is 0 Å². The van der Waals surface area contributed by atoms with Crippen LogP contribution in [0.2, 0.25) is 0 Å². The number of phosphoric acid groups is 1. The Morgan fingerprint density at radius 3 is 1.47 bits per heavy atom. The van der Waals surface area contributed by atoms with E-state index in [-0.39, 0.29) is 12.8 Å². The van der Waals surface area contributed by atoms with Crippen molar-refractivity contribution < 1.29 is 63.1 Å². The molecular formula is C43H77O13P. The lowest BCUT2D eigenvalue weighted by atomic mass is 9.85. The van der Waals surface area contributed by atoms with Gasteiger partial charge in [0.15, 0.2) is 6.10 Å². The largest absolute Gasteiger partial charge is 0.472 e. The maximum atomic E-state index is 12.8. The van der Waals surface area contributed by atoms with Crippen molar-refractivity contribution in [3.05, 3.63) is 36.5 Å². The van der Waals surface area contributed by atoms with Gasteiger partial charge in [0.05, 0.1) is 6.61 Å². The van der Waals surface area contributed by atoms with Crippen molar-refractivity contribution in [2.75, 3.05) is 13.2 Å². The number of allylic oxidation sites excluding steroid dienone is 6. The van der Waals surface area contributed by atoms with Crippen molar-refractivity contribution in [1.82, 2.24) is 0 Å². The molecule has 0 aromatic carbocycles. The Kier molecular flexibility index (Phi) is 31.5. The Hall–Kier alpha value is -1.93. The van der Waals surface area contributed by atoms with E-state index in [2.05, 4.69) is 50.3 Å². The maximum absolute atomic E-state index is 12.8.